The van der Waals surface area contributed by atoms with E-state index < -0.39 is 5.92 Å². The lowest BCUT2D eigenvalue weighted by Gasteiger charge is -2.08. The second-order valence-corrected chi connectivity index (χ2v) is 3.28. The molecule has 1 aromatic rings. The highest BCUT2D eigenvalue weighted by Gasteiger charge is 2.14. The number of alkyl halides is 1. The molecule has 0 fully saturated rings. The maximum Gasteiger partial charge on any atom is 0.216 e. The lowest BCUT2D eigenvalue weighted by Crippen LogP contribution is -2.07. The smallest absolute Gasteiger partial charge is 0.216 e. The van der Waals surface area contributed by atoms with E-state index in [2.05, 4.69) is 16.0 Å². The van der Waals surface area contributed by atoms with Gasteiger partial charge in [-0.1, -0.05) is 0 Å². The SMILES string of the molecule is CCOc1cc(C)nc(C(C#N)CCl)n1. The van der Waals surface area contributed by atoms with E-state index in [4.69, 9.17) is 21.6 Å². The van der Waals surface area contributed by atoms with Crippen LogP contribution in [0.1, 0.15) is 24.4 Å². The first kappa shape index (κ1) is 11.7. The second kappa shape index (κ2) is 5.52. The Labute approximate surface area is 93.9 Å². The van der Waals surface area contributed by atoms with E-state index in [0.717, 1.165) is 5.69 Å². The summed E-state index contributed by atoms with van der Waals surface area (Å²) in [6.45, 7) is 4.24. The second-order valence-electron chi connectivity index (χ2n) is 2.97. The number of nitrogens with zero attached hydrogens (tertiary/aromatic N) is 3. The third-order valence-electron chi connectivity index (χ3n) is 1.76. The van der Waals surface area contributed by atoms with Gasteiger partial charge in [-0.2, -0.15) is 10.2 Å². The number of aryl methyl sites for hydroxylation is 1. The van der Waals surface area contributed by atoms with Crippen LogP contribution in [0.5, 0.6) is 5.88 Å². The van der Waals surface area contributed by atoms with Crippen molar-refractivity contribution >= 4 is 11.6 Å². The average molecular weight is 226 g/mol. The molecule has 1 rings (SSSR count). The summed E-state index contributed by atoms with van der Waals surface area (Å²) in [6, 6.07) is 3.78. The summed E-state index contributed by atoms with van der Waals surface area (Å²) in [6.07, 6.45) is 0. The van der Waals surface area contributed by atoms with Crippen LogP contribution in [0, 0.1) is 18.3 Å². The van der Waals surface area contributed by atoms with Crippen molar-refractivity contribution in [1.82, 2.24) is 9.97 Å². The lowest BCUT2D eigenvalue weighted by atomic mass is 10.2. The Morgan fingerprint density at radius 2 is 2.33 bits per heavy atom. The van der Waals surface area contributed by atoms with Gasteiger partial charge in [-0.15, -0.1) is 11.6 Å². The number of hydrogen-bond acceptors (Lipinski definition) is 4. The maximum absolute atomic E-state index is 8.84. The van der Waals surface area contributed by atoms with Crippen molar-refractivity contribution in [2.75, 3.05) is 12.5 Å². The minimum atomic E-state index is -0.481. The molecule has 4 nitrogen and oxygen atoms in total. The predicted octanol–water partition coefficient (Wildman–Crippen LogP) is 2.03. The molecule has 0 saturated heterocycles. The summed E-state index contributed by atoms with van der Waals surface area (Å²) in [5.41, 5.74) is 0.772. The van der Waals surface area contributed by atoms with E-state index >= 15 is 0 Å². The fraction of sp³-hybridized carbons (Fsp3) is 0.500. The number of halogens is 1. The zero-order chi connectivity index (χ0) is 11.3. The van der Waals surface area contributed by atoms with Crippen molar-refractivity contribution < 1.29 is 4.74 Å². The average Bonchev–Trinajstić information content (AvgIpc) is 2.19. The minimum Gasteiger partial charge on any atom is -0.478 e. The largest absolute Gasteiger partial charge is 0.478 e. The minimum absolute atomic E-state index is 0.186. The molecule has 80 valence electrons. The Balaban J connectivity index is 3.03. The molecule has 0 aromatic carbocycles. The Kier molecular flexibility index (Phi) is 4.32. The van der Waals surface area contributed by atoms with Crippen molar-refractivity contribution in [3.05, 3.63) is 17.6 Å². The molecule has 0 aliphatic rings. The van der Waals surface area contributed by atoms with Gasteiger partial charge in [0.15, 0.2) is 5.82 Å². The Bertz CT molecular complexity index is 375. The molecule has 5 heteroatoms. The topological polar surface area (TPSA) is 58.8 Å². The highest BCUT2D eigenvalue weighted by molar-refractivity contribution is 6.18. The molecule has 0 spiro atoms. The third-order valence-corrected chi connectivity index (χ3v) is 2.07. The zero-order valence-electron chi connectivity index (χ0n) is 8.70. The molecule has 1 unspecified atom stereocenters. The molecular formula is C10H12ClN3O. The van der Waals surface area contributed by atoms with Crippen LogP contribution in [0.25, 0.3) is 0 Å². The number of ether oxygens (including phenoxy) is 1. The van der Waals surface area contributed by atoms with Crippen LogP contribution in [0.3, 0.4) is 0 Å². The van der Waals surface area contributed by atoms with Gasteiger partial charge in [-0.05, 0) is 13.8 Å². The molecular weight excluding hydrogens is 214 g/mol. The van der Waals surface area contributed by atoms with E-state index in [0.29, 0.717) is 18.3 Å². The van der Waals surface area contributed by atoms with Crippen LogP contribution >= 0.6 is 11.6 Å². The first-order valence-corrected chi connectivity index (χ1v) is 5.18. The first-order chi connectivity index (χ1) is 7.21. The van der Waals surface area contributed by atoms with Crippen molar-refractivity contribution in [3.8, 4) is 11.9 Å². The molecule has 0 radical (unpaired) electrons. The number of hydrogen-bond donors (Lipinski definition) is 0. The molecule has 0 aliphatic carbocycles. The van der Waals surface area contributed by atoms with E-state index in [-0.39, 0.29) is 5.88 Å². The van der Waals surface area contributed by atoms with Crippen LogP contribution in [0.2, 0.25) is 0 Å². The van der Waals surface area contributed by atoms with Gasteiger partial charge in [0.2, 0.25) is 5.88 Å². The van der Waals surface area contributed by atoms with Crippen molar-refractivity contribution in [1.29, 1.82) is 5.26 Å². The van der Waals surface area contributed by atoms with Gasteiger partial charge in [0.1, 0.15) is 5.92 Å². The third kappa shape index (κ3) is 3.07. The Morgan fingerprint density at radius 1 is 1.60 bits per heavy atom. The summed E-state index contributed by atoms with van der Waals surface area (Å²) in [5, 5.41) is 8.84. The monoisotopic (exact) mass is 225 g/mol. The van der Waals surface area contributed by atoms with Crippen molar-refractivity contribution in [2.45, 2.75) is 19.8 Å². The predicted molar refractivity (Wildman–Crippen MR) is 57.0 cm³/mol. The van der Waals surface area contributed by atoms with Gasteiger partial charge in [-0.3, -0.25) is 0 Å². The van der Waals surface area contributed by atoms with E-state index in [9.17, 15) is 0 Å². The van der Waals surface area contributed by atoms with E-state index in [1.54, 1.807) is 6.07 Å². The van der Waals surface area contributed by atoms with Gasteiger partial charge in [0.25, 0.3) is 0 Å². The highest BCUT2D eigenvalue weighted by Crippen LogP contribution is 2.16. The van der Waals surface area contributed by atoms with Gasteiger partial charge >= 0.3 is 0 Å². The molecule has 0 bridgehead atoms. The summed E-state index contributed by atoms with van der Waals surface area (Å²) < 4.78 is 5.26. The van der Waals surface area contributed by atoms with Crippen LogP contribution in [0.15, 0.2) is 6.07 Å². The Hall–Kier alpha value is -1.34. The van der Waals surface area contributed by atoms with Gasteiger partial charge in [-0.25, -0.2) is 4.98 Å². The molecule has 0 saturated carbocycles. The first-order valence-electron chi connectivity index (χ1n) is 4.65. The molecule has 0 N–H and O–H groups in total. The summed E-state index contributed by atoms with van der Waals surface area (Å²) >= 11 is 5.64. The highest BCUT2D eigenvalue weighted by atomic mass is 35.5. The summed E-state index contributed by atoms with van der Waals surface area (Å²) in [5.74, 6) is 0.623. The van der Waals surface area contributed by atoms with Crippen molar-refractivity contribution in [3.63, 3.8) is 0 Å². The summed E-state index contributed by atoms with van der Waals surface area (Å²) in [4.78, 5) is 8.29. The quantitative estimate of drug-likeness (QED) is 0.736. The van der Waals surface area contributed by atoms with E-state index in [1.165, 1.54) is 0 Å². The summed E-state index contributed by atoms with van der Waals surface area (Å²) in [7, 11) is 0. The van der Waals surface area contributed by atoms with E-state index in [1.807, 2.05) is 13.8 Å². The van der Waals surface area contributed by atoms with Crippen LogP contribution in [-0.2, 0) is 0 Å². The van der Waals surface area contributed by atoms with Crippen molar-refractivity contribution in [2.24, 2.45) is 0 Å². The molecule has 1 heterocycles. The van der Waals surface area contributed by atoms with Crippen LogP contribution in [0.4, 0.5) is 0 Å². The molecule has 15 heavy (non-hydrogen) atoms. The molecule has 0 aliphatic heterocycles. The normalized spacial score (nSPS) is 11.9. The molecule has 1 atom stereocenters. The standard InChI is InChI=1S/C10H12ClN3O/c1-3-15-9-4-7(2)13-10(14-9)8(5-11)6-12/h4,8H,3,5H2,1-2H3. The van der Waals surface area contributed by atoms with Gasteiger partial charge in [0.05, 0.1) is 12.7 Å². The zero-order valence-corrected chi connectivity index (χ0v) is 9.45. The number of rotatable bonds is 4. The molecule has 0 amide bonds. The Morgan fingerprint density at radius 3 is 2.87 bits per heavy atom. The van der Waals surface area contributed by atoms with Crippen LogP contribution < -0.4 is 4.74 Å². The van der Waals surface area contributed by atoms with Crippen LogP contribution in [-0.4, -0.2) is 22.5 Å². The number of nitriles is 1. The van der Waals surface area contributed by atoms with Gasteiger partial charge < -0.3 is 4.74 Å². The fourth-order valence-electron chi connectivity index (χ4n) is 1.10. The fourth-order valence-corrected chi connectivity index (χ4v) is 1.31. The molecule has 1 aromatic heterocycles. The number of aromatic nitrogens is 2. The van der Waals surface area contributed by atoms with Gasteiger partial charge in [0, 0.05) is 17.6 Å². The lowest BCUT2D eigenvalue weighted by molar-refractivity contribution is 0.324. The maximum atomic E-state index is 8.84.